The van der Waals surface area contributed by atoms with Crippen molar-refractivity contribution >= 4 is 33.3 Å². The van der Waals surface area contributed by atoms with Crippen molar-refractivity contribution in [3.63, 3.8) is 0 Å². The quantitative estimate of drug-likeness (QED) is 0.504. The molecule has 0 atom stereocenters. The molecule has 0 aliphatic rings. The third-order valence-corrected chi connectivity index (χ3v) is 6.44. The minimum absolute atomic E-state index is 0.0869. The molecule has 0 bridgehead atoms. The number of carbonyl (C=O) groups excluding carboxylic acids is 2. The maximum Gasteiger partial charge on any atom is 0.339 e. The van der Waals surface area contributed by atoms with Crippen molar-refractivity contribution in [2.45, 2.75) is 4.90 Å². The lowest BCUT2D eigenvalue weighted by molar-refractivity contribution is -0.114. The molecule has 0 spiro atoms. The van der Waals surface area contributed by atoms with Crippen molar-refractivity contribution in [2.75, 3.05) is 30.4 Å². The van der Waals surface area contributed by atoms with Crippen LogP contribution in [0.25, 0.3) is 0 Å². The second-order valence-corrected chi connectivity index (χ2v) is 8.59. The molecule has 3 rings (SSSR count). The lowest BCUT2D eigenvalue weighted by Crippen LogP contribution is -2.38. The number of carbonyl (C=O) groups is 2. The first-order valence-corrected chi connectivity index (χ1v) is 11.1. The van der Waals surface area contributed by atoms with E-state index in [0.717, 1.165) is 6.07 Å². The largest absolute Gasteiger partial charge is 0.497 e. The number of anilines is 2. The Labute approximate surface area is 190 Å². The first-order valence-electron chi connectivity index (χ1n) is 9.66. The van der Waals surface area contributed by atoms with Crippen molar-refractivity contribution in [1.29, 1.82) is 0 Å². The van der Waals surface area contributed by atoms with Gasteiger partial charge in [-0.25, -0.2) is 17.6 Å². The summed E-state index contributed by atoms with van der Waals surface area (Å²) in [6.07, 6.45) is 0. The molecule has 3 aromatic rings. The van der Waals surface area contributed by atoms with E-state index >= 15 is 0 Å². The molecule has 1 N–H and O–H groups in total. The van der Waals surface area contributed by atoms with Gasteiger partial charge in [-0.3, -0.25) is 9.10 Å². The maximum absolute atomic E-state index is 14.6. The van der Waals surface area contributed by atoms with Crippen LogP contribution in [0.4, 0.5) is 15.8 Å². The third-order valence-electron chi connectivity index (χ3n) is 4.66. The van der Waals surface area contributed by atoms with Crippen LogP contribution in [-0.2, 0) is 19.6 Å². The number of esters is 1. The van der Waals surface area contributed by atoms with Gasteiger partial charge in [-0.1, -0.05) is 24.3 Å². The van der Waals surface area contributed by atoms with Crippen molar-refractivity contribution in [2.24, 2.45) is 0 Å². The van der Waals surface area contributed by atoms with E-state index < -0.39 is 34.3 Å². The summed E-state index contributed by atoms with van der Waals surface area (Å²) in [5, 5.41) is 2.50. The fourth-order valence-corrected chi connectivity index (χ4v) is 4.46. The van der Waals surface area contributed by atoms with Crippen LogP contribution in [0, 0.1) is 5.82 Å². The molecule has 1 amide bonds. The highest BCUT2D eigenvalue weighted by Crippen LogP contribution is 2.27. The van der Waals surface area contributed by atoms with Crippen LogP contribution in [0.1, 0.15) is 10.4 Å². The van der Waals surface area contributed by atoms with E-state index in [1.807, 2.05) is 0 Å². The molecule has 0 aliphatic carbocycles. The predicted octanol–water partition coefficient (Wildman–Crippen LogP) is 3.45. The number of benzene rings is 3. The summed E-state index contributed by atoms with van der Waals surface area (Å²) in [4.78, 5) is 24.6. The normalized spacial score (nSPS) is 10.9. The summed E-state index contributed by atoms with van der Waals surface area (Å²) in [6, 6.07) is 16.8. The van der Waals surface area contributed by atoms with Gasteiger partial charge in [0.25, 0.3) is 10.0 Å². The first kappa shape index (κ1) is 23.7. The standard InChI is InChI=1S/C23H21FN2O6S/c1-31-16-11-13-17(14-12-16)33(29,30)26(21-10-6-4-8-19(21)24)15-22(27)25-20-9-5-3-7-18(20)23(28)32-2/h3-14H,15H2,1-2H3,(H,25,27). The Morgan fingerprint density at radius 3 is 2.21 bits per heavy atom. The van der Waals surface area contributed by atoms with Gasteiger partial charge >= 0.3 is 5.97 Å². The number of nitrogens with one attached hydrogen (secondary N) is 1. The number of halogens is 1. The number of ether oxygens (including phenoxy) is 2. The summed E-state index contributed by atoms with van der Waals surface area (Å²) in [6.45, 7) is -0.745. The summed E-state index contributed by atoms with van der Waals surface area (Å²) in [5.41, 5.74) is -0.0850. The van der Waals surface area contributed by atoms with Gasteiger partial charge in [0, 0.05) is 0 Å². The highest BCUT2D eigenvalue weighted by molar-refractivity contribution is 7.92. The van der Waals surface area contributed by atoms with E-state index in [4.69, 9.17) is 9.47 Å². The molecule has 10 heteroatoms. The molecule has 0 aliphatic heterocycles. The number of para-hydroxylation sites is 2. The van der Waals surface area contributed by atoms with Crippen LogP contribution < -0.4 is 14.4 Å². The molecular formula is C23H21FN2O6S. The van der Waals surface area contributed by atoms with Crippen LogP contribution in [0.3, 0.4) is 0 Å². The zero-order valence-electron chi connectivity index (χ0n) is 17.8. The van der Waals surface area contributed by atoms with E-state index in [9.17, 15) is 22.4 Å². The zero-order chi connectivity index (χ0) is 24.0. The Hall–Kier alpha value is -3.92. The summed E-state index contributed by atoms with van der Waals surface area (Å²) in [5.74, 6) is -1.85. The zero-order valence-corrected chi connectivity index (χ0v) is 18.6. The smallest absolute Gasteiger partial charge is 0.339 e. The van der Waals surface area contributed by atoms with E-state index in [1.165, 1.54) is 68.8 Å². The molecule has 33 heavy (non-hydrogen) atoms. The van der Waals surface area contributed by atoms with Crippen molar-refractivity contribution < 1.29 is 31.9 Å². The first-order chi connectivity index (χ1) is 15.8. The minimum Gasteiger partial charge on any atom is -0.497 e. The highest BCUT2D eigenvalue weighted by Gasteiger charge is 2.29. The average molecular weight is 472 g/mol. The van der Waals surface area contributed by atoms with Crippen LogP contribution in [0.15, 0.2) is 77.7 Å². The lowest BCUT2D eigenvalue weighted by Gasteiger charge is -2.24. The number of methoxy groups -OCH3 is 2. The Bertz CT molecular complexity index is 1260. The molecule has 172 valence electrons. The van der Waals surface area contributed by atoms with Crippen LogP contribution in [-0.4, -0.2) is 41.1 Å². The topological polar surface area (TPSA) is 102 Å². The molecule has 3 aromatic carbocycles. The van der Waals surface area contributed by atoms with E-state index in [-0.39, 0.29) is 21.8 Å². The van der Waals surface area contributed by atoms with Crippen LogP contribution >= 0.6 is 0 Å². The fourth-order valence-electron chi connectivity index (χ4n) is 3.03. The Morgan fingerprint density at radius 1 is 0.939 bits per heavy atom. The summed E-state index contributed by atoms with van der Waals surface area (Å²) in [7, 11) is -1.70. The number of sulfonamides is 1. The van der Waals surface area contributed by atoms with Crippen molar-refractivity contribution in [1.82, 2.24) is 0 Å². The van der Waals surface area contributed by atoms with Gasteiger partial charge in [0.05, 0.1) is 36.1 Å². The van der Waals surface area contributed by atoms with Gasteiger partial charge in [0.15, 0.2) is 0 Å². The number of amides is 1. The molecule has 8 nitrogen and oxygen atoms in total. The Kier molecular flexibility index (Phi) is 7.29. The van der Waals surface area contributed by atoms with Crippen LogP contribution in [0.5, 0.6) is 5.75 Å². The Balaban J connectivity index is 1.97. The van der Waals surface area contributed by atoms with Gasteiger partial charge in [-0.15, -0.1) is 0 Å². The van der Waals surface area contributed by atoms with E-state index in [0.29, 0.717) is 10.1 Å². The molecule has 0 saturated carbocycles. The lowest BCUT2D eigenvalue weighted by atomic mass is 10.2. The molecular weight excluding hydrogens is 451 g/mol. The molecule has 0 aromatic heterocycles. The van der Waals surface area contributed by atoms with Gasteiger partial charge < -0.3 is 14.8 Å². The fraction of sp³-hybridized carbons (Fsp3) is 0.130. The third kappa shape index (κ3) is 5.29. The van der Waals surface area contributed by atoms with Crippen LogP contribution in [0.2, 0.25) is 0 Å². The molecule has 0 fully saturated rings. The maximum atomic E-state index is 14.6. The van der Waals surface area contributed by atoms with Gasteiger partial charge in [0.1, 0.15) is 18.1 Å². The van der Waals surface area contributed by atoms with E-state index in [1.54, 1.807) is 12.1 Å². The SMILES string of the molecule is COC(=O)c1ccccc1NC(=O)CN(c1ccccc1F)S(=O)(=O)c1ccc(OC)cc1. The number of rotatable bonds is 8. The predicted molar refractivity (Wildman–Crippen MR) is 120 cm³/mol. The van der Waals surface area contributed by atoms with Gasteiger partial charge in [-0.05, 0) is 48.5 Å². The number of hydrogen-bond donors (Lipinski definition) is 1. The monoisotopic (exact) mass is 472 g/mol. The molecule has 0 radical (unpaired) electrons. The second-order valence-electron chi connectivity index (χ2n) is 6.72. The average Bonchev–Trinajstić information content (AvgIpc) is 2.83. The summed E-state index contributed by atoms with van der Waals surface area (Å²) < 4.78 is 51.7. The molecule has 0 unspecified atom stereocenters. The van der Waals surface area contributed by atoms with Gasteiger partial charge in [-0.2, -0.15) is 0 Å². The van der Waals surface area contributed by atoms with Gasteiger partial charge in [0.2, 0.25) is 5.91 Å². The Morgan fingerprint density at radius 2 is 1.58 bits per heavy atom. The molecule has 0 saturated heterocycles. The minimum atomic E-state index is -4.33. The van der Waals surface area contributed by atoms with E-state index in [2.05, 4.69) is 5.32 Å². The second kappa shape index (κ2) is 10.1. The van der Waals surface area contributed by atoms with Crippen molar-refractivity contribution in [3.05, 3.63) is 84.2 Å². The molecule has 0 heterocycles. The summed E-state index contributed by atoms with van der Waals surface area (Å²) >= 11 is 0. The van der Waals surface area contributed by atoms with Crippen molar-refractivity contribution in [3.8, 4) is 5.75 Å². The number of hydrogen-bond acceptors (Lipinski definition) is 6. The highest BCUT2D eigenvalue weighted by atomic mass is 32.2. The number of nitrogens with zero attached hydrogens (tertiary/aromatic N) is 1.